The third-order valence-electron chi connectivity index (χ3n) is 3.91. The molecule has 0 fully saturated rings. The molecule has 0 heterocycles. The molecular formula is C21H27NO5. The summed E-state index contributed by atoms with van der Waals surface area (Å²) < 4.78 is 21.6. The zero-order valence-electron chi connectivity index (χ0n) is 16.5. The Morgan fingerprint density at radius 2 is 1.70 bits per heavy atom. The Bertz CT molecular complexity index is 773. The summed E-state index contributed by atoms with van der Waals surface area (Å²) in [4.78, 5) is 12.7. The topological polar surface area (TPSA) is 66.0 Å². The molecule has 2 aromatic carbocycles. The fraction of sp³-hybridized carbons (Fsp3) is 0.381. The number of anilines is 1. The number of amides is 1. The Morgan fingerprint density at radius 3 is 2.33 bits per heavy atom. The van der Waals surface area contributed by atoms with Crippen molar-refractivity contribution >= 4 is 11.6 Å². The molecule has 0 aromatic heterocycles. The molecule has 2 rings (SSSR count). The van der Waals surface area contributed by atoms with E-state index in [0.717, 1.165) is 5.56 Å². The maximum atomic E-state index is 12.7. The van der Waals surface area contributed by atoms with E-state index in [9.17, 15) is 4.79 Å². The number of nitrogens with one attached hydrogen (secondary N) is 1. The lowest BCUT2D eigenvalue weighted by Crippen LogP contribution is -2.13. The fourth-order valence-corrected chi connectivity index (χ4v) is 2.53. The number of ether oxygens (including phenoxy) is 4. The first-order valence-electron chi connectivity index (χ1n) is 8.76. The molecule has 0 atom stereocenters. The second-order valence-corrected chi connectivity index (χ2v) is 6.46. The highest BCUT2D eigenvalue weighted by Crippen LogP contribution is 2.30. The Hall–Kier alpha value is -2.73. The van der Waals surface area contributed by atoms with Crippen molar-refractivity contribution in [3.63, 3.8) is 0 Å². The van der Waals surface area contributed by atoms with Gasteiger partial charge >= 0.3 is 0 Å². The van der Waals surface area contributed by atoms with Gasteiger partial charge in [0.15, 0.2) is 0 Å². The fourth-order valence-electron chi connectivity index (χ4n) is 2.53. The molecule has 0 spiro atoms. The van der Waals surface area contributed by atoms with Crippen LogP contribution in [0.3, 0.4) is 0 Å². The Labute approximate surface area is 160 Å². The highest BCUT2D eigenvalue weighted by Gasteiger charge is 2.14. The molecule has 0 bridgehead atoms. The second kappa shape index (κ2) is 9.83. The number of carbonyl (C=O) groups is 1. The van der Waals surface area contributed by atoms with Crippen LogP contribution in [-0.4, -0.2) is 33.8 Å². The summed E-state index contributed by atoms with van der Waals surface area (Å²) in [5, 5.41) is 2.87. The van der Waals surface area contributed by atoms with Gasteiger partial charge in [-0.1, -0.05) is 13.8 Å². The minimum Gasteiger partial charge on any atom is -0.497 e. The molecule has 2 aromatic rings. The summed E-state index contributed by atoms with van der Waals surface area (Å²) in [5.74, 6) is 2.06. The van der Waals surface area contributed by atoms with E-state index >= 15 is 0 Å². The molecule has 6 heteroatoms. The van der Waals surface area contributed by atoms with Crippen LogP contribution in [0.5, 0.6) is 17.2 Å². The average Bonchev–Trinajstić information content (AvgIpc) is 2.67. The van der Waals surface area contributed by atoms with Gasteiger partial charge in [-0.25, -0.2) is 0 Å². The van der Waals surface area contributed by atoms with E-state index in [0.29, 0.717) is 47.6 Å². The van der Waals surface area contributed by atoms with Crippen molar-refractivity contribution in [2.24, 2.45) is 5.92 Å². The van der Waals surface area contributed by atoms with E-state index in [1.807, 2.05) is 0 Å². The highest BCUT2D eigenvalue weighted by atomic mass is 16.5. The standard InChI is InChI=1S/C21H27NO5/c1-14(2)12-27-13-16-10-15(6-9-19(16)25-4)21(23)22-18-8-7-17(24-3)11-20(18)26-5/h6-11,14H,12-13H2,1-5H3,(H,22,23). The molecule has 1 N–H and O–H groups in total. The van der Waals surface area contributed by atoms with Gasteiger partial charge in [0.2, 0.25) is 0 Å². The van der Waals surface area contributed by atoms with Crippen molar-refractivity contribution in [1.82, 2.24) is 0 Å². The molecular weight excluding hydrogens is 346 g/mol. The summed E-state index contributed by atoms with van der Waals surface area (Å²) in [6.07, 6.45) is 0. The molecule has 0 saturated carbocycles. The lowest BCUT2D eigenvalue weighted by Gasteiger charge is -2.14. The zero-order valence-corrected chi connectivity index (χ0v) is 16.5. The number of carbonyl (C=O) groups excluding carboxylic acids is 1. The Kier molecular flexibility index (Phi) is 7.49. The summed E-state index contributed by atoms with van der Waals surface area (Å²) in [5.41, 5.74) is 1.90. The van der Waals surface area contributed by atoms with Crippen LogP contribution < -0.4 is 19.5 Å². The molecule has 1 amide bonds. The minimum atomic E-state index is -0.244. The van der Waals surface area contributed by atoms with Crippen molar-refractivity contribution < 1.29 is 23.7 Å². The van der Waals surface area contributed by atoms with Crippen LogP contribution in [0.2, 0.25) is 0 Å². The van der Waals surface area contributed by atoms with Crippen LogP contribution >= 0.6 is 0 Å². The monoisotopic (exact) mass is 373 g/mol. The van der Waals surface area contributed by atoms with Crippen molar-refractivity contribution in [3.8, 4) is 17.2 Å². The van der Waals surface area contributed by atoms with Crippen molar-refractivity contribution in [3.05, 3.63) is 47.5 Å². The first-order valence-corrected chi connectivity index (χ1v) is 8.76. The molecule has 27 heavy (non-hydrogen) atoms. The van der Waals surface area contributed by atoms with Gasteiger partial charge in [0, 0.05) is 23.8 Å². The quantitative estimate of drug-likeness (QED) is 0.716. The van der Waals surface area contributed by atoms with Crippen LogP contribution in [0.4, 0.5) is 5.69 Å². The van der Waals surface area contributed by atoms with E-state index in [-0.39, 0.29) is 5.91 Å². The van der Waals surface area contributed by atoms with Gasteiger partial charge in [-0.15, -0.1) is 0 Å². The SMILES string of the molecule is COc1ccc(NC(=O)c2ccc(OC)c(COCC(C)C)c2)c(OC)c1. The number of hydrogen-bond donors (Lipinski definition) is 1. The van der Waals surface area contributed by atoms with E-state index < -0.39 is 0 Å². The average molecular weight is 373 g/mol. The molecule has 0 radical (unpaired) electrons. The third-order valence-corrected chi connectivity index (χ3v) is 3.91. The lowest BCUT2D eigenvalue weighted by atomic mass is 10.1. The van der Waals surface area contributed by atoms with E-state index in [1.165, 1.54) is 0 Å². The number of methoxy groups -OCH3 is 3. The van der Waals surface area contributed by atoms with Crippen LogP contribution in [0.15, 0.2) is 36.4 Å². The van der Waals surface area contributed by atoms with Crippen molar-refractivity contribution in [1.29, 1.82) is 0 Å². The highest BCUT2D eigenvalue weighted by molar-refractivity contribution is 6.05. The first kappa shape index (κ1) is 20.6. The maximum Gasteiger partial charge on any atom is 0.255 e. The lowest BCUT2D eigenvalue weighted by molar-refractivity contribution is 0.0952. The van der Waals surface area contributed by atoms with Crippen molar-refractivity contribution in [2.75, 3.05) is 33.3 Å². The van der Waals surface area contributed by atoms with Gasteiger partial charge in [-0.2, -0.15) is 0 Å². The number of benzene rings is 2. The zero-order chi connectivity index (χ0) is 19.8. The van der Waals surface area contributed by atoms with Crippen molar-refractivity contribution in [2.45, 2.75) is 20.5 Å². The molecule has 146 valence electrons. The molecule has 0 aliphatic rings. The van der Waals surface area contributed by atoms with E-state index in [4.69, 9.17) is 18.9 Å². The molecule has 0 saturated heterocycles. The number of rotatable bonds is 9. The van der Waals surface area contributed by atoms with E-state index in [1.54, 1.807) is 57.7 Å². The molecule has 6 nitrogen and oxygen atoms in total. The normalized spacial score (nSPS) is 10.6. The molecule has 0 aliphatic carbocycles. The second-order valence-electron chi connectivity index (χ2n) is 6.46. The van der Waals surface area contributed by atoms with Gasteiger partial charge in [0.1, 0.15) is 17.2 Å². The van der Waals surface area contributed by atoms with Gasteiger partial charge in [0.05, 0.1) is 33.6 Å². The summed E-state index contributed by atoms with van der Waals surface area (Å²) >= 11 is 0. The smallest absolute Gasteiger partial charge is 0.255 e. The van der Waals surface area contributed by atoms with Gasteiger partial charge < -0.3 is 24.3 Å². The van der Waals surface area contributed by atoms with Gasteiger partial charge in [-0.3, -0.25) is 4.79 Å². The first-order chi connectivity index (χ1) is 13.0. The third kappa shape index (κ3) is 5.62. The molecule has 0 aliphatic heterocycles. The predicted octanol–water partition coefficient (Wildman–Crippen LogP) is 4.14. The summed E-state index contributed by atoms with van der Waals surface area (Å²) in [7, 11) is 4.72. The van der Waals surface area contributed by atoms with Crippen LogP contribution in [-0.2, 0) is 11.3 Å². The minimum absolute atomic E-state index is 0.244. The van der Waals surface area contributed by atoms with Crippen LogP contribution in [0.1, 0.15) is 29.8 Å². The maximum absolute atomic E-state index is 12.7. The summed E-state index contributed by atoms with van der Waals surface area (Å²) in [6.45, 7) is 5.20. The van der Waals surface area contributed by atoms with Crippen LogP contribution in [0, 0.1) is 5.92 Å². The summed E-state index contributed by atoms with van der Waals surface area (Å²) in [6, 6.07) is 10.5. The van der Waals surface area contributed by atoms with Crippen LogP contribution in [0.25, 0.3) is 0 Å². The van der Waals surface area contributed by atoms with Gasteiger partial charge in [-0.05, 0) is 36.2 Å². The predicted molar refractivity (Wildman–Crippen MR) is 105 cm³/mol. The Balaban J connectivity index is 2.18. The molecule has 0 unspecified atom stereocenters. The van der Waals surface area contributed by atoms with Gasteiger partial charge in [0.25, 0.3) is 5.91 Å². The largest absolute Gasteiger partial charge is 0.497 e. The van der Waals surface area contributed by atoms with E-state index in [2.05, 4.69) is 19.2 Å². The Morgan fingerprint density at radius 1 is 0.963 bits per heavy atom. The number of hydrogen-bond acceptors (Lipinski definition) is 5.